The molecule has 2 N–H and O–H groups in total. The molecule has 0 bridgehead atoms. The van der Waals surface area contributed by atoms with Crippen LogP contribution in [0.1, 0.15) is 0 Å². The van der Waals surface area contributed by atoms with Gasteiger partial charge in [0.2, 0.25) is 0 Å². The maximum absolute atomic E-state index is 10.1. The van der Waals surface area contributed by atoms with Crippen LogP contribution < -0.4 is 12.4 Å². The molecule has 0 rings (SSSR count). The second kappa shape index (κ2) is 6.15. The predicted octanol–water partition coefficient (Wildman–Crippen LogP) is -3.88. The molecule has 0 aliphatic heterocycles. The monoisotopic (exact) mass is 213 g/mol. The first-order valence-electron chi connectivity index (χ1n) is 3.66. The van der Waals surface area contributed by atoms with Crippen molar-refractivity contribution in [3.05, 3.63) is 0 Å². The Morgan fingerprint density at radius 1 is 1.46 bits per heavy atom. The zero-order valence-corrected chi connectivity index (χ0v) is 8.78. The third-order valence-corrected chi connectivity index (χ3v) is 1.25. The number of rotatable bonds is 5. The minimum atomic E-state index is -1.70. The number of quaternary nitrogens is 1. The van der Waals surface area contributed by atoms with Gasteiger partial charge in [0.25, 0.3) is 6.29 Å². The molecular formula is C7H16ClNO4. The normalized spacial score (nSPS) is 13.2. The number of halogens is 1. The highest BCUT2D eigenvalue weighted by Gasteiger charge is 2.15. The summed E-state index contributed by atoms with van der Waals surface area (Å²) in [5.74, 6) is -1.35. The minimum absolute atomic E-state index is 0. The van der Waals surface area contributed by atoms with Gasteiger partial charge in [-0.3, -0.25) is 0 Å². The molecule has 0 spiro atoms. The maximum Gasteiger partial charge on any atom is 0.360 e. The fraction of sp³-hybridized carbons (Fsp3) is 0.857. The van der Waals surface area contributed by atoms with E-state index >= 15 is 0 Å². The second-order valence-corrected chi connectivity index (χ2v) is 3.58. The summed E-state index contributed by atoms with van der Waals surface area (Å²) in [6.45, 7) is 0.890. The molecule has 0 aliphatic carbocycles. The zero-order valence-electron chi connectivity index (χ0n) is 8.03. The molecular weight excluding hydrogens is 198 g/mol. The van der Waals surface area contributed by atoms with Gasteiger partial charge in [-0.1, -0.05) is 0 Å². The van der Waals surface area contributed by atoms with Crippen LogP contribution in [0.4, 0.5) is 0 Å². The number of hydrogen-bond acceptors (Lipinski definition) is 3. The highest BCUT2D eigenvalue weighted by molar-refractivity contribution is 5.70. The smallest absolute Gasteiger partial charge is 0.360 e. The number of hydrogen-bond donors (Lipinski definition) is 2. The van der Waals surface area contributed by atoms with E-state index in [-0.39, 0.29) is 19.0 Å². The van der Waals surface area contributed by atoms with Gasteiger partial charge >= 0.3 is 5.97 Å². The van der Waals surface area contributed by atoms with Gasteiger partial charge in [-0.25, -0.2) is 4.79 Å². The molecule has 0 radical (unpaired) electrons. The summed E-state index contributed by atoms with van der Waals surface area (Å²) in [5.41, 5.74) is 0. The average molecular weight is 214 g/mol. The van der Waals surface area contributed by atoms with Crippen molar-refractivity contribution in [2.45, 2.75) is 6.29 Å². The first-order chi connectivity index (χ1) is 5.33. The zero-order chi connectivity index (χ0) is 9.78. The molecule has 1 unspecified atom stereocenters. The third-order valence-electron chi connectivity index (χ3n) is 1.25. The van der Waals surface area contributed by atoms with Crippen LogP contribution in [0, 0.1) is 0 Å². The summed E-state index contributed by atoms with van der Waals surface area (Å²) < 4.78 is 5.29. The third kappa shape index (κ3) is 9.55. The molecule has 0 aromatic carbocycles. The Kier molecular flexibility index (Phi) is 7.15. The van der Waals surface area contributed by atoms with E-state index < -0.39 is 12.3 Å². The van der Waals surface area contributed by atoms with E-state index in [1.54, 1.807) is 0 Å². The van der Waals surface area contributed by atoms with Crippen molar-refractivity contribution in [3.8, 4) is 0 Å². The van der Waals surface area contributed by atoms with E-state index in [1.807, 2.05) is 21.1 Å². The fourth-order valence-corrected chi connectivity index (χ4v) is 0.509. The Bertz CT molecular complexity index is 157. The molecule has 0 amide bonds. The van der Waals surface area contributed by atoms with E-state index in [0.717, 1.165) is 0 Å². The van der Waals surface area contributed by atoms with Crippen molar-refractivity contribution in [2.75, 3.05) is 34.3 Å². The topological polar surface area (TPSA) is 66.8 Å². The molecule has 0 saturated carbocycles. The standard InChI is InChI=1S/C7H15NO4.ClH/c1-8(2,3)4-5-12-7(11)6(9)10;/h7,11H,4-5H2,1-3H3;1H. The largest absolute Gasteiger partial charge is 1.00 e. The Morgan fingerprint density at radius 3 is 2.23 bits per heavy atom. The molecule has 0 heterocycles. The van der Waals surface area contributed by atoms with Crippen LogP contribution in [0.2, 0.25) is 0 Å². The molecule has 0 aromatic rings. The molecule has 13 heavy (non-hydrogen) atoms. The number of aliphatic hydroxyl groups is 1. The van der Waals surface area contributed by atoms with E-state index in [2.05, 4.69) is 4.74 Å². The predicted molar refractivity (Wildman–Crippen MR) is 42.5 cm³/mol. The van der Waals surface area contributed by atoms with E-state index in [0.29, 0.717) is 11.0 Å². The van der Waals surface area contributed by atoms with Gasteiger partial charge in [0.05, 0.1) is 27.7 Å². The van der Waals surface area contributed by atoms with Crippen LogP contribution in [0.15, 0.2) is 0 Å². The number of ether oxygens (including phenoxy) is 1. The molecule has 0 aromatic heterocycles. The number of likely N-dealkylation sites (N-methyl/N-ethyl adjacent to an activating group) is 1. The SMILES string of the molecule is C[N+](C)(C)CCOC(O)C(=O)O.[Cl-]. The number of carbonyl (C=O) groups is 1. The highest BCUT2D eigenvalue weighted by Crippen LogP contribution is 1.92. The first kappa shape index (κ1) is 15.1. The molecule has 1 atom stereocenters. The van der Waals surface area contributed by atoms with Crippen LogP contribution in [0.5, 0.6) is 0 Å². The summed E-state index contributed by atoms with van der Waals surface area (Å²) in [5, 5.41) is 16.9. The molecule has 80 valence electrons. The van der Waals surface area contributed by atoms with Crippen LogP contribution in [0.25, 0.3) is 0 Å². The van der Waals surface area contributed by atoms with Crippen LogP contribution >= 0.6 is 0 Å². The summed E-state index contributed by atoms with van der Waals surface area (Å²) >= 11 is 0. The van der Waals surface area contributed by atoms with Crippen molar-refractivity contribution in [3.63, 3.8) is 0 Å². The summed E-state index contributed by atoms with van der Waals surface area (Å²) in [7, 11) is 5.86. The van der Waals surface area contributed by atoms with Crippen LogP contribution in [-0.2, 0) is 9.53 Å². The van der Waals surface area contributed by atoms with E-state index in [9.17, 15) is 4.79 Å². The lowest BCUT2D eigenvalue weighted by molar-refractivity contribution is -0.870. The number of carboxylic acid groups (broad SMARTS) is 1. The molecule has 5 nitrogen and oxygen atoms in total. The molecule has 6 heteroatoms. The quantitative estimate of drug-likeness (QED) is 0.362. The Labute approximate surface area is 83.9 Å². The number of aliphatic carboxylic acids is 1. The highest BCUT2D eigenvalue weighted by atomic mass is 35.5. The average Bonchev–Trinajstić information content (AvgIpc) is 1.84. The van der Waals surface area contributed by atoms with Crippen molar-refractivity contribution in [2.24, 2.45) is 0 Å². The van der Waals surface area contributed by atoms with Gasteiger partial charge in [-0.05, 0) is 0 Å². The lowest BCUT2D eigenvalue weighted by Crippen LogP contribution is -3.00. The van der Waals surface area contributed by atoms with Crippen molar-refractivity contribution >= 4 is 5.97 Å². The lowest BCUT2D eigenvalue weighted by atomic mass is 10.5. The van der Waals surface area contributed by atoms with Gasteiger partial charge in [-0.2, -0.15) is 0 Å². The summed E-state index contributed by atoms with van der Waals surface area (Å²) in [4.78, 5) is 10.1. The summed E-state index contributed by atoms with van der Waals surface area (Å²) in [6, 6.07) is 0. The molecule has 0 fully saturated rings. The van der Waals surface area contributed by atoms with Crippen LogP contribution in [0.3, 0.4) is 0 Å². The maximum atomic E-state index is 10.1. The Morgan fingerprint density at radius 2 is 1.92 bits per heavy atom. The van der Waals surface area contributed by atoms with Gasteiger partial charge < -0.3 is 31.8 Å². The minimum Gasteiger partial charge on any atom is -1.00 e. The first-order valence-corrected chi connectivity index (χ1v) is 3.66. The van der Waals surface area contributed by atoms with Crippen molar-refractivity contribution in [1.82, 2.24) is 0 Å². The van der Waals surface area contributed by atoms with E-state index in [1.165, 1.54) is 0 Å². The lowest BCUT2D eigenvalue weighted by Gasteiger charge is -2.23. The Balaban J connectivity index is 0. The number of aliphatic hydroxyl groups excluding tert-OH is 1. The van der Waals surface area contributed by atoms with Gasteiger partial charge in [-0.15, -0.1) is 0 Å². The summed E-state index contributed by atoms with van der Waals surface area (Å²) in [6.07, 6.45) is -1.70. The van der Waals surface area contributed by atoms with Crippen molar-refractivity contribution < 1.29 is 36.6 Å². The van der Waals surface area contributed by atoms with Gasteiger partial charge in [0, 0.05) is 0 Å². The van der Waals surface area contributed by atoms with Gasteiger partial charge in [0.1, 0.15) is 6.54 Å². The molecule has 0 aliphatic rings. The van der Waals surface area contributed by atoms with E-state index in [4.69, 9.17) is 10.2 Å². The van der Waals surface area contributed by atoms with Crippen LogP contribution in [-0.4, -0.2) is 61.3 Å². The van der Waals surface area contributed by atoms with Gasteiger partial charge in [0.15, 0.2) is 0 Å². The second-order valence-electron chi connectivity index (χ2n) is 3.58. The number of nitrogens with zero attached hydrogens (tertiary/aromatic N) is 1. The molecule has 0 saturated heterocycles. The number of carboxylic acids is 1. The van der Waals surface area contributed by atoms with Crippen molar-refractivity contribution in [1.29, 1.82) is 0 Å². The fourth-order valence-electron chi connectivity index (χ4n) is 0.509. The Hall–Kier alpha value is -0.360.